The van der Waals surface area contributed by atoms with Gasteiger partial charge in [-0.05, 0) is 0 Å². The van der Waals surface area contributed by atoms with Crippen LogP contribution in [-0.2, 0) is 20.8 Å². The Morgan fingerprint density at radius 1 is 0.667 bits per heavy atom. The van der Waals surface area contributed by atoms with Crippen molar-refractivity contribution in [3.8, 4) is 0 Å². The Balaban J connectivity index is -0.0000000457. The molecule has 0 aliphatic carbocycles. The van der Waals surface area contributed by atoms with Crippen LogP contribution in [0.2, 0.25) is 0 Å². The van der Waals surface area contributed by atoms with E-state index >= 15 is 0 Å². The minimum atomic E-state index is -5.17. The predicted octanol–water partition coefficient (Wildman–Crippen LogP) is -6.05. The minimum absolute atomic E-state index is 0. The zero-order valence-corrected chi connectivity index (χ0v) is 12.6. The van der Waals surface area contributed by atoms with Crippen molar-refractivity contribution >= 4 is 46.6 Å². The normalized spacial score (nSPS) is 9.67. The average molecular weight is 330 g/mol. The average Bonchev–Trinajstić information content (AvgIpc) is 1.12. The molecular weight excluding hydrogens is 330 g/mol. The van der Waals surface area contributed by atoms with Gasteiger partial charge >= 0.3 is 55.4 Å². The Morgan fingerprint density at radius 2 is 0.667 bits per heavy atom. The van der Waals surface area contributed by atoms with Crippen molar-refractivity contribution in [3.63, 3.8) is 0 Å². The molecule has 0 aromatic rings. The molecule has 0 heterocycles. The van der Waals surface area contributed by atoms with Crippen LogP contribution in [0.1, 0.15) is 0 Å². The van der Waals surface area contributed by atoms with E-state index in [0.29, 0.717) is 0 Å². The van der Waals surface area contributed by atoms with Gasteiger partial charge in [-0.25, -0.2) is 0 Å². The fraction of sp³-hybridized carbons (Fsp3) is 0. The number of hydrogen-bond acceptors (Lipinski definition) is 8. The van der Waals surface area contributed by atoms with Crippen LogP contribution in [0.4, 0.5) is 0 Å². The van der Waals surface area contributed by atoms with E-state index in [9.17, 15) is 0 Å². The van der Waals surface area contributed by atoms with E-state index in [1.807, 2.05) is 0 Å². The molecule has 0 rings (SSSR count). The summed E-state index contributed by atoms with van der Waals surface area (Å²) in [6, 6.07) is 0. The van der Waals surface area contributed by atoms with Gasteiger partial charge < -0.3 is 18.2 Å². The van der Waals surface area contributed by atoms with Gasteiger partial charge in [-0.1, -0.05) is 0 Å². The zero-order chi connectivity index (χ0) is 9.00. The van der Waals surface area contributed by atoms with Crippen LogP contribution in [0.3, 0.4) is 0 Å². The quantitative estimate of drug-likeness (QED) is 0.241. The van der Waals surface area contributed by atoms with Gasteiger partial charge in [-0.15, -0.1) is 0 Å². The molecule has 0 atom stereocenters. The van der Waals surface area contributed by atoms with Crippen LogP contribution in [0.5, 0.6) is 0 Å². The first-order valence-electron chi connectivity index (χ1n) is 1.33. The Kier molecular flexibility index (Phi) is 17.9. The van der Waals surface area contributed by atoms with Crippen molar-refractivity contribution in [3.05, 3.63) is 0 Å². The molecule has 0 unspecified atom stereocenters. The second-order valence-corrected chi connectivity index (χ2v) is 2.45. The summed E-state index contributed by atoms with van der Waals surface area (Å²) in [6.45, 7) is 0. The molecule has 0 saturated heterocycles. The fourth-order valence-electron chi connectivity index (χ4n) is 0. The SMILES string of the molecule is O=S(=O)([O-])[O-].O=S(=O)([O-])[O-].[In+3].[Na+]. The fourth-order valence-corrected chi connectivity index (χ4v) is 0. The summed E-state index contributed by atoms with van der Waals surface area (Å²) in [5, 5.41) is 0. The van der Waals surface area contributed by atoms with E-state index in [4.69, 9.17) is 35.0 Å². The predicted molar refractivity (Wildman–Crippen MR) is 26.7 cm³/mol. The molecule has 0 aliphatic heterocycles. The van der Waals surface area contributed by atoms with Crippen molar-refractivity contribution in [2.45, 2.75) is 0 Å². The van der Waals surface area contributed by atoms with Gasteiger partial charge in [0, 0.05) is 20.8 Å². The summed E-state index contributed by atoms with van der Waals surface area (Å²) < 4.78 is 68.2. The largest absolute Gasteiger partial charge is 3.00 e. The Morgan fingerprint density at radius 3 is 0.667 bits per heavy atom. The van der Waals surface area contributed by atoms with Crippen LogP contribution in [0, 0.1) is 0 Å². The number of rotatable bonds is 0. The van der Waals surface area contributed by atoms with Gasteiger partial charge in [-0.3, -0.25) is 16.8 Å². The van der Waals surface area contributed by atoms with Crippen LogP contribution < -0.4 is 29.6 Å². The molecule has 0 saturated carbocycles. The summed E-state index contributed by atoms with van der Waals surface area (Å²) in [7, 11) is -10.3. The van der Waals surface area contributed by atoms with Gasteiger partial charge in [0.25, 0.3) is 0 Å². The van der Waals surface area contributed by atoms with E-state index in [1.165, 1.54) is 0 Å². The standard InChI is InChI=1S/In.Na.2H2O4S/c;;2*1-5(2,3)4/h;;2*(H2,1,2,3,4)/q+3;+1;;/p-4. The van der Waals surface area contributed by atoms with Crippen molar-refractivity contribution in [1.29, 1.82) is 0 Å². The molecule has 8 nitrogen and oxygen atoms in total. The van der Waals surface area contributed by atoms with Crippen molar-refractivity contribution in [2.75, 3.05) is 0 Å². The molecular formula is InNaO8S2. The van der Waals surface area contributed by atoms with Crippen LogP contribution in [0.15, 0.2) is 0 Å². The first-order valence-corrected chi connectivity index (χ1v) is 4.00. The molecule has 0 N–H and O–H groups in total. The van der Waals surface area contributed by atoms with Gasteiger partial charge in [0.2, 0.25) is 0 Å². The van der Waals surface area contributed by atoms with Gasteiger partial charge in [0.05, 0.1) is 0 Å². The summed E-state index contributed by atoms with van der Waals surface area (Å²) in [6.07, 6.45) is 0. The molecule has 12 heteroatoms. The van der Waals surface area contributed by atoms with Crippen molar-refractivity contribution in [1.82, 2.24) is 0 Å². The van der Waals surface area contributed by atoms with Crippen LogP contribution >= 0.6 is 0 Å². The maximum absolute atomic E-state index is 8.52. The van der Waals surface area contributed by atoms with E-state index in [0.717, 1.165) is 0 Å². The smallest absolute Gasteiger partial charge is 0.759 e. The van der Waals surface area contributed by atoms with E-state index < -0.39 is 20.8 Å². The Bertz CT molecular complexity index is 213. The third-order valence-corrected chi connectivity index (χ3v) is 0. The van der Waals surface area contributed by atoms with E-state index in [1.54, 1.807) is 0 Å². The first-order chi connectivity index (χ1) is 4.00. The van der Waals surface area contributed by atoms with Gasteiger partial charge in [0.1, 0.15) is 0 Å². The molecule has 0 bridgehead atoms. The molecule has 0 aliphatic rings. The first kappa shape index (κ1) is 23.4. The Labute approximate surface area is 110 Å². The molecule has 0 aromatic heterocycles. The molecule has 0 radical (unpaired) electrons. The van der Waals surface area contributed by atoms with E-state index in [-0.39, 0.29) is 55.4 Å². The third kappa shape index (κ3) is 504. The van der Waals surface area contributed by atoms with Crippen molar-refractivity contribution in [2.24, 2.45) is 0 Å². The summed E-state index contributed by atoms with van der Waals surface area (Å²) >= 11 is 0. The molecule has 12 heavy (non-hydrogen) atoms. The van der Waals surface area contributed by atoms with Gasteiger partial charge in [-0.2, -0.15) is 0 Å². The zero-order valence-electron chi connectivity index (χ0n) is 5.66. The molecule has 0 fully saturated rings. The summed E-state index contributed by atoms with van der Waals surface area (Å²) in [5.41, 5.74) is 0. The molecule has 0 spiro atoms. The minimum Gasteiger partial charge on any atom is -0.759 e. The summed E-state index contributed by atoms with van der Waals surface area (Å²) in [4.78, 5) is 0. The second kappa shape index (κ2) is 9.18. The number of hydrogen-bond donors (Lipinski definition) is 0. The van der Waals surface area contributed by atoms with E-state index in [2.05, 4.69) is 0 Å². The molecule has 0 aromatic carbocycles. The molecule has 64 valence electrons. The molecule has 0 amide bonds. The maximum Gasteiger partial charge on any atom is 3.00 e. The van der Waals surface area contributed by atoms with Crippen molar-refractivity contribution < 1.29 is 64.6 Å². The van der Waals surface area contributed by atoms with Gasteiger partial charge in [0.15, 0.2) is 0 Å². The topological polar surface area (TPSA) is 161 Å². The monoisotopic (exact) mass is 330 g/mol. The Hall–Kier alpha value is 1.61. The maximum atomic E-state index is 8.52. The third-order valence-electron chi connectivity index (χ3n) is 0. The van der Waals surface area contributed by atoms with Crippen LogP contribution in [-0.4, -0.2) is 60.9 Å². The summed E-state index contributed by atoms with van der Waals surface area (Å²) in [5.74, 6) is 0. The van der Waals surface area contributed by atoms with Crippen LogP contribution in [0.25, 0.3) is 0 Å². The second-order valence-electron chi connectivity index (χ2n) is 0.816.